The Morgan fingerprint density at radius 1 is 1.11 bits per heavy atom. The number of anilines is 1. The lowest BCUT2D eigenvalue weighted by atomic mass is 10.2. The molecule has 1 aliphatic heterocycles. The highest BCUT2D eigenvalue weighted by Gasteiger charge is 2.44. The molecule has 0 aliphatic carbocycles. The van der Waals surface area contributed by atoms with E-state index in [2.05, 4.69) is 10.6 Å². The van der Waals surface area contributed by atoms with Crippen LogP contribution in [0.4, 0.5) is 15.3 Å². The molecule has 2 aromatic rings. The number of nitrogens with one attached hydrogen (secondary N) is 2. The van der Waals surface area contributed by atoms with E-state index in [0.717, 1.165) is 9.78 Å². The van der Waals surface area contributed by atoms with Crippen LogP contribution in [0.25, 0.3) is 0 Å². The number of nitrogens with zero attached hydrogens (tertiary/aromatic N) is 2. The zero-order valence-electron chi connectivity index (χ0n) is 15.3. The average Bonchev–Trinajstić information content (AvgIpc) is 3.26. The molecule has 9 heteroatoms. The van der Waals surface area contributed by atoms with E-state index in [-0.39, 0.29) is 0 Å². The van der Waals surface area contributed by atoms with E-state index >= 15 is 0 Å². The SMILES string of the molecule is CC1C(=O)N(CC(=O)NC(=O)NCCc2cccs2)C(=O)N1c1ccccc1. The van der Waals surface area contributed by atoms with Crippen molar-refractivity contribution in [2.45, 2.75) is 19.4 Å². The number of thiophene rings is 1. The Kier molecular flexibility index (Phi) is 6.05. The van der Waals surface area contributed by atoms with Crippen LogP contribution in [-0.4, -0.2) is 47.9 Å². The van der Waals surface area contributed by atoms with E-state index in [0.29, 0.717) is 18.7 Å². The second-order valence-electron chi connectivity index (χ2n) is 6.22. The molecule has 28 heavy (non-hydrogen) atoms. The van der Waals surface area contributed by atoms with Gasteiger partial charge < -0.3 is 5.32 Å². The van der Waals surface area contributed by atoms with Crippen molar-refractivity contribution in [3.8, 4) is 0 Å². The van der Waals surface area contributed by atoms with Crippen molar-refractivity contribution in [2.75, 3.05) is 18.0 Å². The molecule has 1 fully saturated rings. The Hall–Kier alpha value is -3.20. The third-order valence-electron chi connectivity index (χ3n) is 4.27. The molecular formula is C19H20N4O4S. The Bertz CT molecular complexity index is 869. The number of urea groups is 2. The highest BCUT2D eigenvalue weighted by Crippen LogP contribution is 2.25. The van der Waals surface area contributed by atoms with Gasteiger partial charge in [0.25, 0.3) is 5.91 Å². The minimum absolute atomic E-state index is 0.375. The van der Waals surface area contributed by atoms with Gasteiger partial charge in [-0.3, -0.25) is 24.7 Å². The lowest BCUT2D eigenvalue weighted by molar-refractivity contribution is -0.131. The van der Waals surface area contributed by atoms with Gasteiger partial charge in [-0.05, 0) is 36.9 Å². The van der Waals surface area contributed by atoms with Gasteiger partial charge in [-0.2, -0.15) is 0 Å². The fourth-order valence-corrected chi connectivity index (χ4v) is 3.61. The van der Waals surface area contributed by atoms with Gasteiger partial charge in [0.15, 0.2) is 0 Å². The summed E-state index contributed by atoms with van der Waals surface area (Å²) in [7, 11) is 0. The first-order valence-corrected chi connectivity index (χ1v) is 9.65. The van der Waals surface area contributed by atoms with Crippen LogP contribution in [0.15, 0.2) is 47.8 Å². The summed E-state index contributed by atoms with van der Waals surface area (Å²) in [6.07, 6.45) is 0.659. The minimum Gasteiger partial charge on any atom is -0.337 e. The normalized spacial score (nSPS) is 16.4. The highest BCUT2D eigenvalue weighted by atomic mass is 32.1. The first kappa shape index (κ1) is 19.6. The molecule has 2 N–H and O–H groups in total. The number of hydrogen-bond acceptors (Lipinski definition) is 5. The molecule has 2 heterocycles. The molecule has 1 unspecified atom stereocenters. The number of carbonyl (C=O) groups is 4. The van der Waals surface area contributed by atoms with Crippen LogP contribution < -0.4 is 15.5 Å². The van der Waals surface area contributed by atoms with Crippen LogP contribution in [0.3, 0.4) is 0 Å². The Morgan fingerprint density at radius 2 is 1.86 bits per heavy atom. The third kappa shape index (κ3) is 4.37. The summed E-state index contributed by atoms with van der Waals surface area (Å²) in [5, 5.41) is 6.67. The molecule has 8 nitrogen and oxygen atoms in total. The fraction of sp³-hybridized carbons (Fsp3) is 0.263. The van der Waals surface area contributed by atoms with Crippen LogP contribution in [0, 0.1) is 0 Å². The van der Waals surface area contributed by atoms with Gasteiger partial charge in [0, 0.05) is 17.1 Å². The number of carbonyl (C=O) groups excluding carboxylic acids is 4. The van der Waals surface area contributed by atoms with Crippen molar-refractivity contribution in [3.05, 3.63) is 52.7 Å². The lowest BCUT2D eigenvalue weighted by Crippen LogP contribution is -2.46. The quantitative estimate of drug-likeness (QED) is 0.724. The molecule has 0 spiro atoms. The second-order valence-corrected chi connectivity index (χ2v) is 7.25. The molecule has 1 aliphatic rings. The van der Waals surface area contributed by atoms with Crippen molar-refractivity contribution in [3.63, 3.8) is 0 Å². The maximum Gasteiger partial charge on any atom is 0.332 e. The summed E-state index contributed by atoms with van der Waals surface area (Å²) in [5.41, 5.74) is 0.572. The van der Waals surface area contributed by atoms with Gasteiger partial charge >= 0.3 is 12.1 Å². The Balaban J connectivity index is 1.52. The summed E-state index contributed by atoms with van der Waals surface area (Å²) in [5.74, 6) is -1.21. The predicted molar refractivity (Wildman–Crippen MR) is 105 cm³/mol. The highest BCUT2D eigenvalue weighted by molar-refractivity contribution is 7.09. The van der Waals surface area contributed by atoms with Gasteiger partial charge in [0.2, 0.25) is 5.91 Å². The first-order valence-electron chi connectivity index (χ1n) is 8.77. The maximum atomic E-state index is 12.6. The monoisotopic (exact) mass is 400 g/mol. The largest absolute Gasteiger partial charge is 0.337 e. The third-order valence-corrected chi connectivity index (χ3v) is 5.21. The zero-order valence-corrected chi connectivity index (χ0v) is 16.1. The van der Waals surface area contributed by atoms with Crippen LogP contribution in [-0.2, 0) is 16.0 Å². The van der Waals surface area contributed by atoms with E-state index < -0.39 is 36.5 Å². The van der Waals surface area contributed by atoms with Gasteiger partial charge in [-0.15, -0.1) is 11.3 Å². The fourth-order valence-electron chi connectivity index (χ4n) is 2.90. The molecule has 1 saturated heterocycles. The molecule has 6 amide bonds. The van der Waals surface area contributed by atoms with Crippen molar-refractivity contribution in [1.82, 2.24) is 15.5 Å². The zero-order chi connectivity index (χ0) is 20.1. The van der Waals surface area contributed by atoms with Crippen LogP contribution >= 0.6 is 11.3 Å². The Labute approximate surface area is 166 Å². The van der Waals surface area contributed by atoms with Crippen molar-refractivity contribution < 1.29 is 19.2 Å². The molecular weight excluding hydrogens is 380 g/mol. The van der Waals surface area contributed by atoms with E-state index in [4.69, 9.17) is 0 Å². The van der Waals surface area contributed by atoms with E-state index in [1.54, 1.807) is 48.6 Å². The molecule has 3 rings (SSSR count). The number of hydrogen-bond donors (Lipinski definition) is 2. The number of amides is 6. The van der Waals surface area contributed by atoms with Crippen molar-refractivity contribution in [2.24, 2.45) is 0 Å². The van der Waals surface area contributed by atoms with Crippen molar-refractivity contribution >= 4 is 40.9 Å². The van der Waals surface area contributed by atoms with Gasteiger partial charge in [-0.25, -0.2) is 9.59 Å². The van der Waals surface area contributed by atoms with E-state index in [9.17, 15) is 19.2 Å². The van der Waals surface area contributed by atoms with Gasteiger partial charge in [0.05, 0.1) is 0 Å². The molecule has 1 aromatic heterocycles. The molecule has 146 valence electrons. The van der Waals surface area contributed by atoms with Crippen LogP contribution in [0.1, 0.15) is 11.8 Å². The van der Waals surface area contributed by atoms with Crippen molar-refractivity contribution in [1.29, 1.82) is 0 Å². The summed E-state index contributed by atoms with van der Waals surface area (Å²) < 4.78 is 0. The van der Waals surface area contributed by atoms with Crippen LogP contribution in [0.2, 0.25) is 0 Å². The number of para-hydroxylation sites is 1. The molecule has 0 saturated carbocycles. The topological polar surface area (TPSA) is 98.8 Å². The number of benzene rings is 1. The summed E-state index contributed by atoms with van der Waals surface area (Å²) in [6, 6.07) is 10.7. The summed E-state index contributed by atoms with van der Waals surface area (Å²) in [6.45, 7) is 1.46. The summed E-state index contributed by atoms with van der Waals surface area (Å²) in [4.78, 5) is 52.3. The molecule has 1 aromatic carbocycles. The predicted octanol–water partition coefficient (Wildman–Crippen LogP) is 1.97. The van der Waals surface area contributed by atoms with E-state index in [1.807, 2.05) is 17.5 Å². The maximum absolute atomic E-state index is 12.6. The number of rotatable bonds is 6. The molecule has 0 radical (unpaired) electrons. The van der Waals surface area contributed by atoms with Crippen LogP contribution in [0.5, 0.6) is 0 Å². The minimum atomic E-state index is -0.725. The lowest BCUT2D eigenvalue weighted by Gasteiger charge is -2.19. The van der Waals surface area contributed by atoms with Gasteiger partial charge in [-0.1, -0.05) is 24.3 Å². The summed E-state index contributed by atoms with van der Waals surface area (Å²) >= 11 is 1.58. The smallest absolute Gasteiger partial charge is 0.332 e. The molecule has 0 bridgehead atoms. The second kappa shape index (κ2) is 8.66. The van der Waals surface area contributed by atoms with Gasteiger partial charge in [0.1, 0.15) is 12.6 Å². The molecule has 1 atom stereocenters. The average molecular weight is 400 g/mol. The first-order chi connectivity index (χ1) is 13.5. The number of imide groups is 2. The Morgan fingerprint density at radius 3 is 2.54 bits per heavy atom. The van der Waals surface area contributed by atoms with E-state index in [1.165, 1.54) is 4.90 Å². The standard InChI is InChI=1S/C19H20N4O4S/c1-13-17(25)22(19(27)23(13)14-6-3-2-4-7-14)12-16(24)21-18(26)20-10-9-15-8-5-11-28-15/h2-8,11,13H,9-10,12H2,1H3,(H2,20,21,24,26).